The van der Waals surface area contributed by atoms with Crippen LogP contribution in [0.2, 0.25) is 0 Å². The Balaban J connectivity index is 1.53. The maximum atomic E-state index is 14.4. The number of halogens is 1. The summed E-state index contributed by atoms with van der Waals surface area (Å²) in [5, 5.41) is 29.3. The third-order valence-corrected chi connectivity index (χ3v) is 5.59. The smallest absolute Gasteiger partial charge is 0.164 e. The number of piperidine rings is 1. The van der Waals surface area contributed by atoms with E-state index in [-0.39, 0.29) is 12.1 Å². The van der Waals surface area contributed by atoms with E-state index in [4.69, 9.17) is 5.26 Å². The Labute approximate surface area is 189 Å². The average molecular weight is 446 g/mol. The number of fused-ring (bicyclic) bond motifs is 1. The van der Waals surface area contributed by atoms with Crippen LogP contribution in [0.15, 0.2) is 36.9 Å². The molecule has 11 heteroatoms. The number of anilines is 1. The van der Waals surface area contributed by atoms with E-state index in [2.05, 4.69) is 42.1 Å². The van der Waals surface area contributed by atoms with Gasteiger partial charge in [0.1, 0.15) is 17.9 Å². The summed E-state index contributed by atoms with van der Waals surface area (Å²) in [5.74, 6) is 0.573. The second-order valence-corrected chi connectivity index (χ2v) is 8.35. The SMILES string of the molecule is CC(C)Nc1cc(-n2ncc3cc(C#N)cnc32)ncc1-c1cn([C@H]2CCNC[C@H]2F)nn1. The standard InChI is InChI=1S/C22H23FN10/c1-13(2)29-18-6-21(33-22-15(9-28-33)5-14(7-24)8-27-22)26-10-16(18)19-12-32(31-30-19)20-3-4-25-11-17(20)23/h5-6,8-10,12-13,17,20,25H,3-4,11H2,1-2H3,(H,26,29)/t17-,20+/m1/s1. The molecule has 33 heavy (non-hydrogen) atoms. The van der Waals surface area contributed by atoms with Crippen molar-refractivity contribution in [1.82, 2.24) is 40.1 Å². The van der Waals surface area contributed by atoms with E-state index >= 15 is 0 Å². The first-order valence-corrected chi connectivity index (χ1v) is 10.8. The second kappa shape index (κ2) is 8.55. The number of nitrogens with zero attached hydrogens (tertiary/aromatic N) is 8. The molecule has 0 aromatic carbocycles. The normalized spacial score (nSPS) is 18.5. The van der Waals surface area contributed by atoms with Crippen LogP contribution < -0.4 is 10.6 Å². The Morgan fingerprint density at radius 1 is 1.24 bits per heavy atom. The molecular formula is C22H23FN10. The lowest BCUT2D eigenvalue weighted by molar-refractivity contribution is 0.171. The number of nitriles is 1. The van der Waals surface area contributed by atoms with Crippen LogP contribution in [-0.4, -0.2) is 60.0 Å². The van der Waals surface area contributed by atoms with Gasteiger partial charge < -0.3 is 10.6 Å². The fourth-order valence-corrected chi connectivity index (χ4v) is 4.01. The molecule has 0 amide bonds. The van der Waals surface area contributed by atoms with E-state index in [1.165, 1.54) is 6.20 Å². The lowest BCUT2D eigenvalue weighted by Crippen LogP contribution is -2.39. The zero-order valence-corrected chi connectivity index (χ0v) is 18.3. The molecule has 0 saturated carbocycles. The van der Waals surface area contributed by atoms with Crippen LogP contribution in [0.4, 0.5) is 10.1 Å². The first-order chi connectivity index (χ1) is 16.0. The lowest BCUT2D eigenvalue weighted by Gasteiger charge is -2.26. The van der Waals surface area contributed by atoms with E-state index < -0.39 is 6.17 Å². The van der Waals surface area contributed by atoms with Crippen molar-refractivity contribution < 1.29 is 4.39 Å². The van der Waals surface area contributed by atoms with Gasteiger partial charge in [0.05, 0.1) is 24.0 Å². The molecule has 0 bridgehead atoms. The third-order valence-electron chi connectivity index (χ3n) is 5.59. The van der Waals surface area contributed by atoms with Gasteiger partial charge in [0.15, 0.2) is 11.5 Å². The van der Waals surface area contributed by atoms with Crippen molar-refractivity contribution in [3.8, 4) is 23.1 Å². The largest absolute Gasteiger partial charge is 0.382 e. The minimum atomic E-state index is -1.01. The highest BCUT2D eigenvalue weighted by Crippen LogP contribution is 2.30. The Morgan fingerprint density at radius 3 is 2.91 bits per heavy atom. The average Bonchev–Trinajstić information content (AvgIpc) is 3.46. The Bertz CT molecular complexity index is 1330. The number of aromatic nitrogens is 7. The Hall–Kier alpha value is -3.91. The van der Waals surface area contributed by atoms with Gasteiger partial charge in [-0.25, -0.2) is 19.0 Å². The third kappa shape index (κ3) is 4.01. The predicted octanol–water partition coefficient (Wildman–Crippen LogP) is 2.64. The van der Waals surface area contributed by atoms with Crippen molar-refractivity contribution in [3.05, 3.63) is 42.5 Å². The molecule has 1 saturated heterocycles. The highest BCUT2D eigenvalue weighted by Gasteiger charge is 2.27. The summed E-state index contributed by atoms with van der Waals surface area (Å²) in [4.78, 5) is 8.96. The highest BCUT2D eigenvalue weighted by molar-refractivity contribution is 5.79. The fourth-order valence-electron chi connectivity index (χ4n) is 4.01. The molecule has 1 aliphatic rings. The van der Waals surface area contributed by atoms with Crippen LogP contribution >= 0.6 is 0 Å². The van der Waals surface area contributed by atoms with Gasteiger partial charge in [-0.3, -0.25) is 0 Å². The van der Waals surface area contributed by atoms with Crippen LogP contribution in [0.25, 0.3) is 28.1 Å². The summed E-state index contributed by atoms with van der Waals surface area (Å²) in [6, 6.07) is 5.52. The number of hydrogen-bond acceptors (Lipinski definition) is 8. The van der Waals surface area contributed by atoms with Crippen LogP contribution in [0.5, 0.6) is 0 Å². The highest BCUT2D eigenvalue weighted by atomic mass is 19.1. The van der Waals surface area contributed by atoms with Crippen molar-refractivity contribution >= 4 is 16.7 Å². The maximum Gasteiger partial charge on any atom is 0.164 e. The molecular weight excluding hydrogens is 423 g/mol. The summed E-state index contributed by atoms with van der Waals surface area (Å²) in [6.45, 7) is 5.14. The number of alkyl halides is 1. The predicted molar refractivity (Wildman–Crippen MR) is 121 cm³/mol. The van der Waals surface area contributed by atoms with Crippen molar-refractivity contribution in [1.29, 1.82) is 5.26 Å². The second-order valence-electron chi connectivity index (χ2n) is 8.35. The Morgan fingerprint density at radius 2 is 2.12 bits per heavy atom. The quantitative estimate of drug-likeness (QED) is 0.480. The van der Waals surface area contributed by atoms with Gasteiger partial charge in [0, 0.05) is 47.7 Å². The topological polar surface area (TPSA) is 122 Å². The molecule has 10 nitrogen and oxygen atoms in total. The van der Waals surface area contributed by atoms with Crippen LogP contribution in [0.1, 0.15) is 31.9 Å². The molecule has 2 atom stereocenters. The van der Waals surface area contributed by atoms with E-state index in [1.807, 2.05) is 19.9 Å². The van der Waals surface area contributed by atoms with Crippen molar-refractivity contribution in [2.45, 2.75) is 38.5 Å². The molecule has 0 radical (unpaired) electrons. The molecule has 1 aliphatic heterocycles. The molecule has 4 aromatic rings. The van der Waals surface area contributed by atoms with Gasteiger partial charge >= 0.3 is 0 Å². The molecule has 5 rings (SSSR count). The van der Waals surface area contributed by atoms with Gasteiger partial charge in [-0.1, -0.05) is 5.21 Å². The number of rotatable bonds is 5. The summed E-state index contributed by atoms with van der Waals surface area (Å²) in [7, 11) is 0. The van der Waals surface area contributed by atoms with Crippen molar-refractivity contribution in [2.24, 2.45) is 0 Å². The maximum absolute atomic E-state index is 14.4. The van der Waals surface area contributed by atoms with E-state index in [9.17, 15) is 4.39 Å². The van der Waals surface area contributed by atoms with Gasteiger partial charge in [-0.05, 0) is 32.9 Å². The molecule has 168 valence electrons. The van der Waals surface area contributed by atoms with Crippen molar-refractivity contribution in [2.75, 3.05) is 18.4 Å². The van der Waals surface area contributed by atoms with Crippen LogP contribution in [0.3, 0.4) is 0 Å². The lowest BCUT2D eigenvalue weighted by atomic mass is 10.1. The number of hydrogen-bond donors (Lipinski definition) is 2. The van der Waals surface area contributed by atoms with E-state index in [1.54, 1.807) is 34.0 Å². The van der Waals surface area contributed by atoms with Crippen LogP contribution in [0, 0.1) is 11.3 Å². The molecule has 0 unspecified atom stereocenters. The fraction of sp³-hybridized carbons (Fsp3) is 0.364. The molecule has 1 fully saturated rings. The number of nitrogens with one attached hydrogen (secondary N) is 2. The Kier molecular flexibility index (Phi) is 5.43. The summed E-state index contributed by atoms with van der Waals surface area (Å²) >= 11 is 0. The van der Waals surface area contributed by atoms with Gasteiger partial charge in [0.2, 0.25) is 0 Å². The molecule has 0 spiro atoms. The zero-order chi connectivity index (χ0) is 22.9. The van der Waals surface area contributed by atoms with E-state index in [0.717, 1.165) is 23.2 Å². The summed E-state index contributed by atoms with van der Waals surface area (Å²) in [5.41, 5.74) is 3.26. The minimum Gasteiger partial charge on any atom is -0.382 e. The van der Waals surface area contributed by atoms with Gasteiger partial charge in [-0.15, -0.1) is 5.10 Å². The van der Waals surface area contributed by atoms with Gasteiger partial charge in [0.25, 0.3) is 0 Å². The molecule has 4 aromatic heterocycles. The molecule has 5 heterocycles. The zero-order valence-electron chi connectivity index (χ0n) is 18.3. The minimum absolute atomic E-state index is 0.152. The van der Waals surface area contributed by atoms with Gasteiger partial charge in [-0.2, -0.15) is 15.0 Å². The molecule has 0 aliphatic carbocycles. The molecule has 2 N–H and O–H groups in total. The van der Waals surface area contributed by atoms with E-state index in [0.29, 0.717) is 35.7 Å². The first-order valence-electron chi connectivity index (χ1n) is 10.8. The van der Waals surface area contributed by atoms with Crippen LogP contribution in [-0.2, 0) is 0 Å². The number of pyridine rings is 2. The monoisotopic (exact) mass is 446 g/mol. The summed E-state index contributed by atoms with van der Waals surface area (Å²) in [6.07, 6.45) is 6.31. The van der Waals surface area contributed by atoms with Crippen molar-refractivity contribution in [3.63, 3.8) is 0 Å². The first kappa shape index (κ1) is 21.0. The summed E-state index contributed by atoms with van der Waals surface area (Å²) < 4.78 is 17.6.